The fraction of sp³-hybridized carbons (Fsp3) is 0.800. The SMILES string of the molecule is C/C(C#C[C@]1(O)[C@H](C)CC2(CC1(C)C)OCC(C)(C)CO2)=C/CO. The molecule has 1 aliphatic heterocycles. The van der Waals surface area contributed by atoms with E-state index in [4.69, 9.17) is 14.6 Å². The van der Waals surface area contributed by atoms with E-state index in [0.29, 0.717) is 26.1 Å². The maximum absolute atomic E-state index is 11.3. The van der Waals surface area contributed by atoms with Crippen molar-refractivity contribution < 1.29 is 19.7 Å². The molecule has 0 bridgehead atoms. The van der Waals surface area contributed by atoms with E-state index < -0.39 is 16.8 Å². The van der Waals surface area contributed by atoms with Crippen molar-refractivity contribution in [2.45, 2.75) is 65.8 Å². The van der Waals surface area contributed by atoms with Crippen LogP contribution in [-0.2, 0) is 9.47 Å². The summed E-state index contributed by atoms with van der Waals surface area (Å²) in [7, 11) is 0. The smallest absolute Gasteiger partial charge is 0.169 e. The van der Waals surface area contributed by atoms with E-state index in [0.717, 1.165) is 5.57 Å². The predicted molar refractivity (Wildman–Crippen MR) is 94.2 cm³/mol. The highest BCUT2D eigenvalue weighted by atomic mass is 16.7. The summed E-state index contributed by atoms with van der Waals surface area (Å²) in [4.78, 5) is 0. The van der Waals surface area contributed by atoms with Crippen LogP contribution in [0.2, 0.25) is 0 Å². The van der Waals surface area contributed by atoms with Gasteiger partial charge in [-0.25, -0.2) is 0 Å². The summed E-state index contributed by atoms with van der Waals surface area (Å²) in [5, 5.41) is 20.3. The first-order valence-corrected chi connectivity index (χ1v) is 8.76. The minimum absolute atomic E-state index is 0.0262. The molecule has 4 heteroatoms. The van der Waals surface area contributed by atoms with Crippen LogP contribution in [0.25, 0.3) is 0 Å². The summed E-state index contributed by atoms with van der Waals surface area (Å²) < 4.78 is 12.3. The van der Waals surface area contributed by atoms with Crippen molar-refractivity contribution >= 4 is 0 Å². The third kappa shape index (κ3) is 3.70. The molecule has 0 aromatic rings. The predicted octanol–water partition coefficient (Wildman–Crippen LogP) is 2.88. The quantitative estimate of drug-likeness (QED) is 0.723. The highest BCUT2D eigenvalue weighted by Gasteiger charge is 2.59. The Kier molecular flexibility index (Phi) is 5.24. The molecule has 0 unspecified atom stereocenters. The summed E-state index contributed by atoms with van der Waals surface area (Å²) in [5.41, 5.74) is -0.805. The molecule has 0 aromatic heterocycles. The van der Waals surface area contributed by atoms with Gasteiger partial charge in [0.25, 0.3) is 0 Å². The van der Waals surface area contributed by atoms with Crippen LogP contribution in [0.15, 0.2) is 11.6 Å². The fourth-order valence-corrected chi connectivity index (χ4v) is 3.79. The third-order valence-electron chi connectivity index (χ3n) is 5.37. The van der Waals surface area contributed by atoms with Gasteiger partial charge in [-0.15, -0.1) is 0 Å². The van der Waals surface area contributed by atoms with Gasteiger partial charge in [-0.1, -0.05) is 46.5 Å². The van der Waals surface area contributed by atoms with Crippen molar-refractivity contribution in [1.82, 2.24) is 0 Å². The average molecular weight is 336 g/mol. The first-order chi connectivity index (χ1) is 11.0. The van der Waals surface area contributed by atoms with Gasteiger partial charge >= 0.3 is 0 Å². The van der Waals surface area contributed by atoms with Crippen molar-refractivity contribution in [1.29, 1.82) is 0 Å². The Balaban J connectivity index is 2.26. The van der Waals surface area contributed by atoms with Crippen molar-refractivity contribution in [3.05, 3.63) is 11.6 Å². The molecule has 1 saturated heterocycles. The largest absolute Gasteiger partial charge is 0.392 e. The molecular weight excluding hydrogens is 304 g/mol. The van der Waals surface area contributed by atoms with E-state index in [2.05, 4.69) is 25.7 Å². The summed E-state index contributed by atoms with van der Waals surface area (Å²) in [6.45, 7) is 13.5. The zero-order valence-corrected chi connectivity index (χ0v) is 15.9. The van der Waals surface area contributed by atoms with Gasteiger partial charge in [0, 0.05) is 29.6 Å². The number of aliphatic hydroxyl groups is 2. The lowest BCUT2D eigenvalue weighted by Crippen LogP contribution is -2.62. The van der Waals surface area contributed by atoms with E-state index in [1.165, 1.54) is 0 Å². The molecule has 2 atom stereocenters. The van der Waals surface area contributed by atoms with E-state index >= 15 is 0 Å². The van der Waals surface area contributed by atoms with E-state index in [-0.39, 0.29) is 17.9 Å². The van der Waals surface area contributed by atoms with E-state index in [1.807, 2.05) is 27.7 Å². The molecule has 0 radical (unpaired) electrons. The van der Waals surface area contributed by atoms with E-state index in [9.17, 15) is 5.11 Å². The first kappa shape index (κ1) is 19.5. The molecule has 136 valence electrons. The van der Waals surface area contributed by atoms with Gasteiger partial charge in [0.15, 0.2) is 5.79 Å². The summed E-state index contributed by atoms with van der Waals surface area (Å²) in [6, 6.07) is 0. The van der Waals surface area contributed by atoms with Crippen molar-refractivity contribution in [3.63, 3.8) is 0 Å². The molecule has 2 aliphatic rings. The fourth-order valence-electron chi connectivity index (χ4n) is 3.79. The summed E-state index contributed by atoms with van der Waals surface area (Å²) >= 11 is 0. The number of hydrogen-bond donors (Lipinski definition) is 2. The van der Waals surface area contributed by atoms with Crippen LogP contribution in [0.4, 0.5) is 0 Å². The van der Waals surface area contributed by atoms with Gasteiger partial charge in [0.1, 0.15) is 5.60 Å². The molecule has 0 aromatic carbocycles. The minimum Gasteiger partial charge on any atom is -0.392 e. The molecule has 1 saturated carbocycles. The van der Waals surface area contributed by atoms with Crippen LogP contribution in [0.1, 0.15) is 54.4 Å². The zero-order valence-electron chi connectivity index (χ0n) is 15.9. The number of rotatable bonds is 1. The Hall–Kier alpha value is -0.860. The number of aliphatic hydroxyl groups excluding tert-OH is 1. The van der Waals surface area contributed by atoms with Gasteiger partial charge in [-0.2, -0.15) is 0 Å². The molecule has 1 spiro atoms. The van der Waals surface area contributed by atoms with Crippen LogP contribution in [0.5, 0.6) is 0 Å². The average Bonchev–Trinajstić information content (AvgIpc) is 2.47. The maximum Gasteiger partial charge on any atom is 0.169 e. The Morgan fingerprint density at radius 2 is 1.79 bits per heavy atom. The van der Waals surface area contributed by atoms with Gasteiger partial charge < -0.3 is 19.7 Å². The highest BCUT2D eigenvalue weighted by Crippen LogP contribution is 2.53. The molecule has 1 heterocycles. The molecule has 0 amide bonds. The van der Waals surface area contributed by atoms with E-state index in [1.54, 1.807) is 6.08 Å². The summed E-state index contributed by atoms with van der Waals surface area (Å²) in [5.74, 6) is 5.37. The van der Waals surface area contributed by atoms with Gasteiger partial charge in [0.05, 0.1) is 19.8 Å². The molecule has 2 fully saturated rings. The molecule has 2 rings (SSSR count). The van der Waals surface area contributed by atoms with Crippen LogP contribution in [0, 0.1) is 28.6 Å². The second-order valence-corrected chi connectivity index (χ2v) is 8.90. The van der Waals surface area contributed by atoms with Crippen molar-refractivity contribution in [3.8, 4) is 11.8 Å². The minimum atomic E-state index is -1.12. The van der Waals surface area contributed by atoms with Crippen LogP contribution in [-0.4, -0.2) is 41.4 Å². The highest BCUT2D eigenvalue weighted by molar-refractivity contribution is 5.33. The molecular formula is C20H32O4. The Morgan fingerprint density at radius 1 is 1.21 bits per heavy atom. The third-order valence-corrected chi connectivity index (χ3v) is 5.37. The van der Waals surface area contributed by atoms with Crippen molar-refractivity contribution in [2.24, 2.45) is 16.7 Å². The standard InChI is InChI=1S/C20H32O4/c1-15(8-10-21)7-9-20(22)16(2)11-19(12-18(20,5)6)23-13-17(3,4)14-24-19/h8,16,21-22H,10-14H2,1-6H3/b15-8-/t16-,20+/m1/s1. The Labute approximate surface area is 146 Å². The second kappa shape index (κ2) is 6.46. The zero-order chi connectivity index (χ0) is 18.2. The number of allylic oxidation sites excluding steroid dienone is 1. The van der Waals surface area contributed by atoms with Gasteiger partial charge in [-0.3, -0.25) is 0 Å². The van der Waals surface area contributed by atoms with Gasteiger partial charge in [-0.05, 0) is 18.6 Å². The Morgan fingerprint density at radius 3 is 2.29 bits per heavy atom. The molecule has 2 N–H and O–H groups in total. The van der Waals surface area contributed by atoms with Gasteiger partial charge in [0.2, 0.25) is 0 Å². The lowest BCUT2D eigenvalue weighted by Gasteiger charge is -2.56. The van der Waals surface area contributed by atoms with Crippen LogP contribution < -0.4 is 0 Å². The normalized spacial score (nSPS) is 34.5. The Bertz CT molecular complexity index is 554. The van der Waals surface area contributed by atoms with Crippen LogP contribution >= 0.6 is 0 Å². The lowest BCUT2D eigenvalue weighted by molar-refractivity contribution is -0.341. The van der Waals surface area contributed by atoms with Crippen LogP contribution in [0.3, 0.4) is 0 Å². The first-order valence-electron chi connectivity index (χ1n) is 8.76. The number of ether oxygens (including phenoxy) is 2. The topological polar surface area (TPSA) is 58.9 Å². The summed E-state index contributed by atoms with van der Waals surface area (Å²) in [6.07, 6.45) is 2.88. The van der Waals surface area contributed by atoms with Crippen molar-refractivity contribution in [2.75, 3.05) is 19.8 Å². The number of hydrogen-bond acceptors (Lipinski definition) is 4. The molecule has 24 heavy (non-hydrogen) atoms. The maximum atomic E-state index is 11.3. The molecule has 1 aliphatic carbocycles. The lowest BCUT2D eigenvalue weighted by atomic mass is 9.58. The monoisotopic (exact) mass is 336 g/mol. The second-order valence-electron chi connectivity index (χ2n) is 8.90. The molecule has 4 nitrogen and oxygen atoms in total.